The molecular weight excluding hydrogens is 285 g/mol. The van der Waals surface area contributed by atoms with Gasteiger partial charge in [-0.2, -0.15) is 0 Å². The Morgan fingerprint density at radius 3 is 2.15 bits per heavy atom. The lowest BCUT2D eigenvalue weighted by Gasteiger charge is -1.99. The SMILES string of the molecule is CCNc1ccccc1.[O-][I+2]([O-])O. The summed E-state index contributed by atoms with van der Waals surface area (Å²) < 4.78 is 24.5. The first-order valence-electron chi connectivity index (χ1n) is 3.70. The van der Waals surface area contributed by atoms with Crippen LogP contribution >= 0.6 is 0 Å². The Morgan fingerprint density at radius 1 is 1.31 bits per heavy atom. The molecule has 1 aromatic carbocycles. The average Bonchev–Trinajstić information content (AvgIpc) is 2.06. The number of hydrogen-bond donors (Lipinski definition) is 2. The zero-order valence-electron chi connectivity index (χ0n) is 7.24. The Kier molecular flexibility index (Phi) is 8.00. The highest BCUT2D eigenvalue weighted by molar-refractivity contribution is 5.41. The predicted molar refractivity (Wildman–Crippen MR) is 42.8 cm³/mol. The van der Waals surface area contributed by atoms with Crippen LogP contribution in [0.4, 0.5) is 5.69 Å². The molecule has 0 unspecified atom stereocenters. The summed E-state index contributed by atoms with van der Waals surface area (Å²) in [6, 6.07) is 10.2. The number of rotatable bonds is 2. The summed E-state index contributed by atoms with van der Waals surface area (Å²) in [6.45, 7) is 3.08. The van der Waals surface area contributed by atoms with E-state index in [0.717, 1.165) is 6.54 Å². The highest BCUT2D eigenvalue weighted by atomic mass is 127. The summed E-state index contributed by atoms with van der Waals surface area (Å²) in [4.78, 5) is 0. The molecule has 0 saturated carbocycles. The normalized spacial score (nSPS) is 9.00. The molecule has 1 aromatic rings. The smallest absolute Gasteiger partial charge is 0.396 e. The number of anilines is 1. The van der Waals surface area contributed by atoms with Gasteiger partial charge in [0.25, 0.3) is 0 Å². The molecule has 0 spiro atoms. The molecule has 0 amide bonds. The highest BCUT2D eigenvalue weighted by Crippen LogP contribution is 2.02. The van der Waals surface area contributed by atoms with Crippen molar-refractivity contribution in [2.45, 2.75) is 6.92 Å². The Hall–Kier alpha value is -0.370. The van der Waals surface area contributed by atoms with Gasteiger partial charge in [-0.3, -0.25) is 0 Å². The fourth-order valence-corrected chi connectivity index (χ4v) is 0.760. The van der Waals surface area contributed by atoms with E-state index < -0.39 is 21.1 Å². The van der Waals surface area contributed by atoms with Gasteiger partial charge >= 0.3 is 21.1 Å². The summed E-state index contributed by atoms with van der Waals surface area (Å²) >= 11 is -3.76. The number of para-hydroxylation sites is 1. The van der Waals surface area contributed by atoms with Gasteiger partial charge in [-0.25, -0.2) is 0 Å². The summed E-state index contributed by atoms with van der Waals surface area (Å²) in [5.41, 5.74) is 1.19. The first kappa shape index (κ1) is 12.6. The van der Waals surface area contributed by atoms with Crippen LogP contribution in [0.25, 0.3) is 0 Å². The van der Waals surface area contributed by atoms with Crippen LogP contribution in [0, 0.1) is 0 Å². The quantitative estimate of drug-likeness (QED) is 0.549. The summed E-state index contributed by atoms with van der Waals surface area (Å²) in [7, 11) is 0. The molecule has 0 atom stereocenters. The van der Waals surface area contributed by atoms with Crippen molar-refractivity contribution in [1.29, 1.82) is 0 Å². The molecule has 0 radical (unpaired) electrons. The maximum Gasteiger partial charge on any atom is 0.503 e. The Labute approximate surface area is 86.3 Å². The third kappa shape index (κ3) is 9.54. The molecule has 0 aliphatic rings. The number of nitrogens with one attached hydrogen (secondary N) is 1. The molecule has 0 fully saturated rings. The van der Waals surface area contributed by atoms with E-state index in [1.54, 1.807) is 0 Å². The van der Waals surface area contributed by atoms with E-state index in [4.69, 9.17) is 10.3 Å². The number of benzene rings is 1. The van der Waals surface area contributed by atoms with Crippen LogP contribution in [0.15, 0.2) is 30.3 Å². The van der Waals surface area contributed by atoms with E-state index in [2.05, 4.69) is 24.4 Å². The topological polar surface area (TPSA) is 78.4 Å². The second-order valence-corrected chi connectivity index (χ2v) is 3.24. The molecule has 4 nitrogen and oxygen atoms in total. The summed E-state index contributed by atoms with van der Waals surface area (Å²) in [5.74, 6) is 0. The van der Waals surface area contributed by atoms with E-state index in [1.807, 2.05) is 18.2 Å². The van der Waals surface area contributed by atoms with Gasteiger partial charge in [-0.1, -0.05) is 18.2 Å². The van der Waals surface area contributed by atoms with Crippen LogP contribution in [-0.4, -0.2) is 9.98 Å². The van der Waals surface area contributed by atoms with Gasteiger partial charge in [0.05, 0.1) is 0 Å². The largest absolute Gasteiger partial charge is 0.503 e. The van der Waals surface area contributed by atoms with Crippen LogP contribution in [0.2, 0.25) is 0 Å². The molecule has 0 aliphatic heterocycles. The van der Waals surface area contributed by atoms with Crippen molar-refractivity contribution in [1.82, 2.24) is 0 Å². The van der Waals surface area contributed by atoms with Crippen molar-refractivity contribution >= 4 is 5.69 Å². The summed E-state index contributed by atoms with van der Waals surface area (Å²) in [5, 5.41) is 3.21. The van der Waals surface area contributed by atoms with Crippen molar-refractivity contribution in [2.75, 3.05) is 11.9 Å². The predicted octanol–water partition coefficient (Wildman–Crippen LogP) is -3.81. The van der Waals surface area contributed by atoms with Crippen LogP contribution in [0.5, 0.6) is 0 Å². The molecule has 0 heterocycles. The molecular formula is C8H12INO3. The van der Waals surface area contributed by atoms with Gasteiger partial charge in [-0.15, -0.1) is 0 Å². The third-order valence-corrected chi connectivity index (χ3v) is 1.15. The molecule has 1 rings (SSSR count). The fraction of sp³-hybridized carbons (Fsp3) is 0.250. The Morgan fingerprint density at radius 2 is 1.77 bits per heavy atom. The lowest BCUT2D eigenvalue weighted by atomic mass is 10.3. The first-order valence-corrected chi connectivity index (χ1v) is 6.43. The number of halogens is 1. The average molecular weight is 297 g/mol. The zero-order chi connectivity index (χ0) is 10.1. The van der Waals surface area contributed by atoms with Crippen LogP contribution in [-0.2, 0) is 0 Å². The minimum Gasteiger partial charge on any atom is -0.396 e. The summed E-state index contributed by atoms with van der Waals surface area (Å²) in [6.07, 6.45) is 0. The second-order valence-electron chi connectivity index (χ2n) is 2.10. The standard InChI is InChI=1S/C8H11N.HIO3/c1-2-9-8-6-4-3-5-7-8;2-1(3)4/h3-7,9H,2H2,1H3;2H. The van der Waals surface area contributed by atoms with E-state index >= 15 is 0 Å². The Balaban J connectivity index is 0.000000310. The van der Waals surface area contributed by atoms with Crippen molar-refractivity contribution < 1.29 is 31.4 Å². The minimum atomic E-state index is -3.76. The van der Waals surface area contributed by atoms with Crippen molar-refractivity contribution in [2.24, 2.45) is 0 Å². The fourth-order valence-electron chi connectivity index (χ4n) is 0.760. The molecule has 13 heavy (non-hydrogen) atoms. The Bertz CT molecular complexity index is 203. The molecule has 0 saturated heterocycles. The van der Waals surface area contributed by atoms with Crippen molar-refractivity contribution in [3.8, 4) is 0 Å². The molecule has 2 N–H and O–H groups in total. The van der Waals surface area contributed by atoms with Gasteiger partial charge in [0, 0.05) is 12.2 Å². The lowest BCUT2D eigenvalue weighted by Crippen LogP contribution is -3.98. The van der Waals surface area contributed by atoms with E-state index in [1.165, 1.54) is 5.69 Å². The molecule has 0 bridgehead atoms. The highest BCUT2D eigenvalue weighted by Gasteiger charge is 1.89. The van der Waals surface area contributed by atoms with Gasteiger partial charge in [0.15, 0.2) is 0 Å². The molecule has 0 aliphatic carbocycles. The van der Waals surface area contributed by atoms with Crippen LogP contribution < -0.4 is 33.3 Å². The monoisotopic (exact) mass is 297 g/mol. The second kappa shape index (κ2) is 8.24. The first-order chi connectivity index (χ1) is 6.16. The van der Waals surface area contributed by atoms with E-state index in [-0.39, 0.29) is 0 Å². The minimum absolute atomic E-state index is 0.990. The maximum atomic E-state index is 8.68. The third-order valence-electron chi connectivity index (χ3n) is 1.15. The maximum absolute atomic E-state index is 8.68. The number of hydrogen-bond acceptors (Lipinski definition) is 4. The molecule has 5 heteroatoms. The van der Waals surface area contributed by atoms with Gasteiger partial charge in [0.2, 0.25) is 0 Å². The lowest BCUT2D eigenvalue weighted by molar-refractivity contribution is -1.63. The van der Waals surface area contributed by atoms with E-state index in [0.29, 0.717) is 0 Å². The van der Waals surface area contributed by atoms with Gasteiger partial charge in [-0.05, 0) is 22.5 Å². The van der Waals surface area contributed by atoms with Gasteiger partial charge in [0.1, 0.15) is 0 Å². The molecule has 0 aromatic heterocycles. The van der Waals surface area contributed by atoms with Crippen LogP contribution in [0.1, 0.15) is 6.92 Å². The van der Waals surface area contributed by atoms with E-state index in [9.17, 15) is 0 Å². The van der Waals surface area contributed by atoms with Gasteiger partial charge < -0.3 is 12.2 Å². The van der Waals surface area contributed by atoms with Crippen molar-refractivity contribution in [3.05, 3.63) is 30.3 Å². The van der Waals surface area contributed by atoms with Crippen molar-refractivity contribution in [3.63, 3.8) is 0 Å². The molecule has 74 valence electrons. The van der Waals surface area contributed by atoms with Crippen LogP contribution in [0.3, 0.4) is 0 Å². The zero-order valence-corrected chi connectivity index (χ0v) is 9.39.